The van der Waals surface area contributed by atoms with Gasteiger partial charge in [-0.15, -0.1) is 12.4 Å². The van der Waals surface area contributed by atoms with E-state index in [1.807, 2.05) is 42.6 Å². The Kier molecular flexibility index (Phi) is 12.1. The van der Waals surface area contributed by atoms with Gasteiger partial charge in [-0.2, -0.15) is 0 Å². The van der Waals surface area contributed by atoms with Crippen molar-refractivity contribution in [1.82, 2.24) is 14.5 Å². The van der Waals surface area contributed by atoms with Crippen molar-refractivity contribution in [2.75, 3.05) is 40.5 Å². The summed E-state index contributed by atoms with van der Waals surface area (Å²) in [5, 5.41) is 1.30. The molecule has 4 aromatic rings. The van der Waals surface area contributed by atoms with Gasteiger partial charge in [-0.05, 0) is 93.9 Å². The van der Waals surface area contributed by atoms with Gasteiger partial charge in [0, 0.05) is 34.5 Å². The molecule has 3 aromatic carbocycles. The average molecular weight is 667 g/mol. The zero-order chi connectivity index (χ0) is 30.5. The van der Waals surface area contributed by atoms with Gasteiger partial charge in [0.25, 0.3) is 0 Å². The fraction of sp³-hybridized carbons (Fsp3) is 0.364. The maximum Gasteiger partial charge on any atom is 0.173 e. The molecule has 0 bridgehead atoms. The highest BCUT2D eigenvalue weighted by molar-refractivity contribution is 7.98. The van der Waals surface area contributed by atoms with E-state index in [2.05, 4.69) is 6.07 Å². The number of imidazole rings is 1. The molecular formula is C33H36Cl2F3N3O2S. The molecule has 0 saturated heterocycles. The Balaban J connectivity index is 0.00000442. The summed E-state index contributed by atoms with van der Waals surface area (Å²) in [6.07, 6.45) is 2.64. The quantitative estimate of drug-likeness (QED) is 0.112. The summed E-state index contributed by atoms with van der Waals surface area (Å²) in [5.74, 6) is -1.72. The molecule has 5 nitrogen and oxygen atoms in total. The van der Waals surface area contributed by atoms with Gasteiger partial charge < -0.3 is 14.4 Å². The zero-order valence-electron chi connectivity index (χ0n) is 24.9. The molecule has 1 aliphatic carbocycles. The number of aromatic nitrogens is 2. The Morgan fingerprint density at radius 3 is 2.52 bits per heavy atom. The van der Waals surface area contributed by atoms with E-state index in [1.54, 1.807) is 12.1 Å². The third-order valence-corrected chi connectivity index (χ3v) is 8.92. The largest absolute Gasteiger partial charge is 0.488 e. The van der Waals surface area contributed by atoms with Crippen LogP contribution in [0.4, 0.5) is 13.2 Å². The van der Waals surface area contributed by atoms with Crippen LogP contribution in [0.25, 0.3) is 5.69 Å². The number of hydrogen-bond acceptors (Lipinski definition) is 5. The van der Waals surface area contributed by atoms with E-state index in [9.17, 15) is 8.78 Å². The third-order valence-electron chi connectivity index (χ3n) is 7.53. The van der Waals surface area contributed by atoms with Crippen LogP contribution in [0.3, 0.4) is 0 Å². The van der Waals surface area contributed by atoms with Gasteiger partial charge in [-0.25, -0.2) is 18.2 Å². The number of nitrogens with zero attached hydrogens (tertiary/aromatic N) is 3. The first kappa shape index (κ1) is 34.2. The van der Waals surface area contributed by atoms with Gasteiger partial charge in [0.15, 0.2) is 16.7 Å². The van der Waals surface area contributed by atoms with E-state index in [-0.39, 0.29) is 47.8 Å². The number of thioether (sulfide) groups is 1. The van der Waals surface area contributed by atoms with E-state index < -0.39 is 11.6 Å². The monoisotopic (exact) mass is 665 g/mol. The second kappa shape index (κ2) is 15.5. The van der Waals surface area contributed by atoms with Crippen LogP contribution in [-0.2, 0) is 16.9 Å². The number of aryl methyl sites for hydroxylation is 2. The lowest BCUT2D eigenvalue weighted by Gasteiger charge is -2.25. The SMILES string of the molecule is Cc1cc(C2CCCc3nc(SCc4c(F)ccc(OCCOCCN(C)C)c4F)n(-c4ccc(F)cc4)c32)ccc1Cl.Cl. The maximum atomic E-state index is 15.5. The second-order valence-electron chi connectivity index (χ2n) is 10.9. The lowest BCUT2D eigenvalue weighted by atomic mass is 9.83. The van der Waals surface area contributed by atoms with E-state index in [0.29, 0.717) is 23.4 Å². The average Bonchev–Trinajstić information content (AvgIpc) is 3.36. The number of ether oxygens (including phenoxy) is 2. The molecule has 1 unspecified atom stereocenters. The molecule has 5 rings (SSSR count). The number of hydrogen-bond donors (Lipinski definition) is 0. The summed E-state index contributed by atoms with van der Waals surface area (Å²) in [5.41, 5.74) is 4.70. The van der Waals surface area contributed by atoms with Crippen molar-refractivity contribution in [3.05, 3.63) is 105 Å². The molecular weight excluding hydrogens is 630 g/mol. The summed E-state index contributed by atoms with van der Waals surface area (Å²) in [6.45, 7) is 3.73. The lowest BCUT2D eigenvalue weighted by Crippen LogP contribution is -2.19. The van der Waals surface area contributed by atoms with Gasteiger partial charge in [0.2, 0.25) is 0 Å². The van der Waals surface area contributed by atoms with Crippen molar-refractivity contribution < 1.29 is 22.6 Å². The van der Waals surface area contributed by atoms with Crippen LogP contribution in [0.1, 0.15) is 46.8 Å². The van der Waals surface area contributed by atoms with Crippen molar-refractivity contribution in [2.24, 2.45) is 0 Å². The van der Waals surface area contributed by atoms with Crippen LogP contribution >= 0.6 is 35.8 Å². The molecule has 236 valence electrons. The maximum absolute atomic E-state index is 15.5. The number of likely N-dealkylation sites (N-methyl/N-ethyl adjacent to an activating group) is 1. The molecule has 1 atom stereocenters. The molecule has 0 aliphatic heterocycles. The smallest absolute Gasteiger partial charge is 0.173 e. The Morgan fingerprint density at radius 1 is 1.02 bits per heavy atom. The summed E-state index contributed by atoms with van der Waals surface area (Å²) in [4.78, 5) is 6.96. The molecule has 1 aromatic heterocycles. The Labute approximate surface area is 272 Å². The summed E-state index contributed by atoms with van der Waals surface area (Å²) in [7, 11) is 3.90. The zero-order valence-corrected chi connectivity index (χ0v) is 27.3. The molecule has 0 spiro atoms. The Hall–Kier alpha value is -2.69. The molecule has 11 heteroatoms. The van der Waals surface area contributed by atoms with E-state index in [4.69, 9.17) is 26.1 Å². The summed E-state index contributed by atoms with van der Waals surface area (Å²) < 4.78 is 57.4. The normalized spacial score (nSPS) is 14.4. The van der Waals surface area contributed by atoms with Crippen LogP contribution in [-0.4, -0.2) is 54.9 Å². The van der Waals surface area contributed by atoms with Crippen LogP contribution < -0.4 is 4.74 Å². The molecule has 1 aliphatic rings. The van der Waals surface area contributed by atoms with Gasteiger partial charge >= 0.3 is 0 Å². The van der Waals surface area contributed by atoms with E-state index in [0.717, 1.165) is 54.0 Å². The highest BCUT2D eigenvalue weighted by Gasteiger charge is 2.30. The first-order chi connectivity index (χ1) is 20.7. The van der Waals surface area contributed by atoms with Crippen molar-refractivity contribution in [2.45, 2.75) is 43.0 Å². The summed E-state index contributed by atoms with van der Waals surface area (Å²) in [6, 6.07) is 14.8. The number of halogens is 5. The van der Waals surface area contributed by atoms with Crippen molar-refractivity contribution in [3.63, 3.8) is 0 Å². The molecule has 0 fully saturated rings. The fourth-order valence-electron chi connectivity index (χ4n) is 5.27. The van der Waals surface area contributed by atoms with Gasteiger partial charge in [-0.3, -0.25) is 4.57 Å². The highest BCUT2D eigenvalue weighted by Crippen LogP contribution is 2.42. The molecule has 1 heterocycles. The number of rotatable bonds is 12. The molecule has 0 N–H and O–H groups in total. The van der Waals surface area contributed by atoms with Crippen LogP contribution in [0.5, 0.6) is 5.75 Å². The Morgan fingerprint density at radius 2 is 1.80 bits per heavy atom. The minimum Gasteiger partial charge on any atom is -0.488 e. The molecule has 0 amide bonds. The first-order valence-electron chi connectivity index (χ1n) is 14.3. The minimum absolute atomic E-state index is 0. The fourth-order valence-corrected chi connectivity index (χ4v) is 6.43. The molecule has 44 heavy (non-hydrogen) atoms. The second-order valence-corrected chi connectivity index (χ2v) is 12.2. The predicted octanol–water partition coefficient (Wildman–Crippen LogP) is 8.39. The lowest BCUT2D eigenvalue weighted by molar-refractivity contribution is 0.0877. The number of fused-ring (bicyclic) bond motifs is 1. The topological polar surface area (TPSA) is 39.5 Å². The van der Waals surface area contributed by atoms with Crippen LogP contribution in [0, 0.1) is 24.4 Å². The predicted molar refractivity (Wildman–Crippen MR) is 173 cm³/mol. The van der Waals surface area contributed by atoms with Gasteiger partial charge in [0.1, 0.15) is 18.2 Å². The first-order valence-corrected chi connectivity index (χ1v) is 15.7. The minimum atomic E-state index is -0.736. The van der Waals surface area contributed by atoms with E-state index in [1.165, 1.54) is 36.0 Å². The summed E-state index contributed by atoms with van der Waals surface area (Å²) >= 11 is 7.57. The molecule has 0 saturated carbocycles. The highest BCUT2D eigenvalue weighted by atomic mass is 35.5. The van der Waals surface area contributed by atoms with Gasteiger partial charge in [0.05, 0.1) is 24.6 Å². The van der Waals surface area contributed by atoms with Crippen LogP contribution in [0.2, 0.25) is 5.02 Å². The number of benzene rings is 3. The van der Waals surface area contributed by atoms with Gasteiger partial charge in [-0.1, -0.05) is 35.5 Å². The van der Waals surface area contributed by atoms with Crippen molar-refractivity contribution in [3.8, 4) is 11.4 Å². The van der Waals surface area contributed by atoms with Crippen molar-refractivity contribution >= 4 is 35.8 Å². The molecule has 0 radical (unpaired) electrons. The van der Waals surface area contributed by atoms with Crippen molar-refractivity contribution in [1.29, 1.82) is 0 Å². The van der Waals surface area contributed by atoms with Crippen LogP contribution in [0.15, 0.2) is 59.8 Å². The van der Waals surface area contributed by atoms with E-state index >= 15 is 4.39 Å². The standard InChI is InChI=1S/C33H35ClF3N3O2S.ClH/c1-21-19-22(7-12-27(21)34)25-5-4-6-29-32(25)40(24-10-8-23(35)9-11-24)33(38-29)43-20-26-28(36)13-14-30(31(26)37)42-18-17-41-16-15-39(2)3;/h7-14,19,25H,4-6,15-18,20H2,1-3H3;1H. The third kappa shape index (κ3) is 7.93. The Bertz CT molecular complexity index is 1570.